The minimum Gasteiger partial charge on any atom is -0.394 e. The normalized spacial score (nSPS) is 20.7. The predicted octanol–water partition coefficient (Wildman–Crippen LogP) is 6.11. The molecular formula is C33H29F7N6O3. The molecule has 1 saturated heterocycles. The second kappa shape index (κ2) is 13.6. The van der Waals surface area contributed by atoms with Crippen molar-refractivity contribution in [2.24, 2.45) is 0 Å². The van der Waals surface area contributed by atoms with Gasteiger partial charge in [0.25, 0.3) is 0 Å². The zero-order valence-electron chi connectivity index (χ0n) is 26.0. The number of aromatic nitrogens is 4. The van der Waals surface area contributed by atoms with E-state index >= 15 is 4.39 Å². The number of rotatable bonds is 11. The van der Waals surface area contributed by atoms with E-state index in [0.717, 1.165) is 49.6 Å². The fourth-order valence-electron chi connectivity index (χ4n) is 5.75. The Morgan fingerprint density at radius 1 is 0.878 bits per heavy atom. The van der Waals surface area contributed by atoms with Crippen LogP contribution < -0.4 is 10.2 Å². The molecule has 0 amide bonds. The summed E-state index contributed by atoms with van der Waals surface area (Å²) >= 11 is 0. The van der Waals surface area contributed by atoms with Crippen molar-refractivity contribution in [1.29, 1.82) is 0 Å². The van der Waals surface area contributed by atoms with Crippen LogP contribution in [-0.4, -0.2) is 56.2 Å². The van der Waals surface area contributed by atoms with Gasteiger partial charge in [0.05, 0.1) is 19.5 Å². The third kappa shape index (κ3) is 6.50. The fraction of sp³-hybridized carbons (Fsp3) is 0.303. The Kier molecular flexibility index (Phi) is 9.46. The summed E-state index contributed by atoms with van der Waals surface area (Å²) < 4.78 is 116. The lowest BCUT2D eigenvalue weighted by Crippen LogP contribution is -2.42. The van der Waals surface area contributed by atoms with Gasteiger partial charge in [0.1, 0.15) is 47.1 Å². The number of halogens is 7. The van der Waals surface area contributed by atoms with Crippen molar-refractivity contribution in [1.82, 2.24) is 19.5 Å². The molecule has 1 aliphatic heterocycles. The summed E-state index contributed by atoms with van der Waals surface area (Å²) in [6.07, 6.45) is -3.26. The highest BCUT2D eigenvalue weighted by Crippen LogP contribution is 2.45. The molecule has 5 aromatic rings. The summed E-state index contributed by atoms with van der Waals surface area (Å²) in [7, 11) is 1.46. The number of ether oxygens (including phenoxy) is 2. The molecule has 1 aliphatic rings. The standard InChI is InChI=1S/C33H29F7N6O3/c1-33(40)28(48-15-19-24(38)10-5-11-25(19)39)26(14-47)49-31(33)46-16-42-27-29(45(2)13-18-22(36)8-4-9-23(18)37)43-32(44-30(27)46)41-12-17-20(34)6-3-7-21(17)35/h3-11,16,26,28,31,47H,12-15H2,1-2H3,(H,41,43,44)/t26-,28-,31-,33-/m1/s1. The summed E-state index contributed by atoms with van der Waals surface area (Å²) in [5.41, 5.74) is -3.57. The van der Waals surface area contributed by atoms with E-state index < -0.39 is 84.3 Å². The maximum absolute atomic E-state index is 16.7. The quantitative estimate of drug-likeness (QED) is 0.160. The number of alkyl halides is 1. The summed E-state index contributed by atoms with van der Waals surface area (Å²) in [4.78, 5) is 14.5. The molecule has 16 heteroatoms. The van der Waals surface area contributed by atoms with Crippen LogP contribution in [0.5, 0.6) is 0 Å². The van der Waals surface area contributed by atoms with E-state index in [0.29, 0.717) is 0 Å². The molecule has 0 saturated carbocycles. The number of aliphatic hydroxyl groups excluding tert-OH is 1. The van der Waals surface area contributed by atoms with Crippen molar-refractivity contribution in [2.75, 3.05) is 23.9 Å². The van der Waals surface area contributed by atoms with Gasteiger partial charge in [-0.3, -0.25) is 4.57 Å². The number of fused-ring (bicyclic) bond motifs is 1. The average molecular weight is 691 g/mol. The number of benzene rings is 3. The first-order valence-corrected chi connectivity index (χ1v) is 15.0. The van der Waals surface area contributed by atoms with Gasteiger partial charge in [-0.25, -0.2) is 35.7 Å². The maximum atomic E-state index is 16.7. The first-order chi connectivity index (χ1) is 23.4. The molecule has 2 N–H and O–H groups in total. The second-order valence-electron chi connectivity index (χ2n) is 11.6. The van der Waals surface area contributed by atoms with E-state index in [4.69, 9.17) is 9.47 Å². The molecule has 0 radical (unpaired) electrons. The maximum Gasteiger partial charge on any atom is 0.227 e. The van der Waals surface area contributed by atoms with E-state index in [-0.39, 0.29) is 40.6 Å². The number of imidazole rings is 1. The number of hydrogen-bond donors (Lipinski definition) is 2. The van der Waals surface area contributed by atoms with E-state index in [9.17, 15) is 31.4 Å². The molecule has 258 valence electrons. The van der Waals surface area contributed by atoms with E-state index in [1.165, 1.54) is 34.7 Å². The van der Waals surface area contributed by atoms with Crippen molar-refractivity contribution in [2.45, 2.75) is 50.7 Å². The Morgan fingerprint density at radius 3 is 2.00 bits per heavy atom. The highest BCUT2D eigenvalue weighted by molar-refractivity contribution is 5.85. The molecule has 9 nitrogen and oxygen atoms in total. The Hall–Kier alpha value is -4.80. The van der Waals surface area contributed by atoms with Crippen molar-refractivity contribution in [3.63, 3.8) is 0 Å². The molecule has 1 fully saturated rings. The zero-order valence-corrected chi connectivity index (χ0v) is 26.0. The number of aliphatic hydroxyl groups is 1. The van der Waals surface area contributed by atoms with Gasteiger partial charge in [0, 0.05) is 36.8 Å². The highest BCUT2D eigenvalue weighted by atomic mass is 19.2. The van der Waals surface area contributed by atoms with Gasteiger partial charge in [0.2, 0.25) is 5.95 Å². The fourth-order valence-corrected chi connectivity index (χ4v) is 5.75. The van der Waals surface area contributed by atoms with Crippen LogP contribution in [0.25, 0.3) is 11.2 Å². The van der Waals surface area contributed by atoms with Crippen LogP contribution in [0, 0.1) is 34.9 Å². The minimum absolute atomic E-state index is 0.00278. The second-order valence-corrected chi connectivity index (χ2v) is 11.6. The van der Waals surface area contributed by atoms with Crippen LogP contribution in [0.15, 0.2) is 60.9 Å². The number of anilines is 2. The SMILES string of the molecule is CN(Cc1c(F)cccc1F)c1nc(NCc2c(F)cccc2F)nc2c1ncn2[C@@H]1O[C@H](CO)[C@@H](OCc2c(F)cccc2F)[C@@]1(C)F. The van der Waals surface area contributed by atoms with Gasteiger partial charge >= 0.3 is 0 Å². The van der Waals surface area contributed by atoms with Crippen molar-refractivity contribution < 1.29 is 45.3 Å². The number of nitrogens with one attached hydrogen (secondary N) is 1. The van der Waals surface area contributed by atoms with Crippen LogP contribution in [0.2, 0.25) is 0 Å². The van der Waals surface area contributed by atoms with Crippen molar-refractivity contribution >= 4 is 22.9 Å². The van der Waals surface area contributed by atoms with Gasteiger partial charge in [-0.2, -0.15) is 9.97 Å². The molecular weight excluding hydrogens is 661 g/mol. The zero-order chi connectivity index (χ0) is 35.0. The summed E-state index contributed by atoms with van der Waals surface area (Å²) in [5, 5.41) is 12.8. The van der Waals surface area contributed by atoms with E-state index in [1.807, 2.05) is 0 Å². The summed E-state index contributed by atoms with van der Waals surface area (Å²) in [6.45, 7) is -1.06. The van der Waals surface area contributed by atoms with Gasteiger partial charge in [-0.05, 0) is 43.3 Å². The van der Waals surface area contributed by atoms with Crippen molar-refractivity contribution in [3.05, 3.63) is 113 Å². The monoisotopic (exact) mass is 690 g/mol. The Balaban J connectivity index is 1.38. The first-order valence-electron chi connectivity index (χ1n) is 15.0. The summed E-state index contributed by atoms with van der Waals surface area (Å²) in [6, 6.07) is 9.92. The topological polar surface area (TPSA) is 97.6 Å². The molecule has 0 unspecified atom stereocenters. The average Bonchev–Trinajstić information content (AvgIpc) is 3.58. The molecule has 2 aromatic heterocycles. The largest absolute Gasteiger partial charge is 0.394 e. The number of hydrogen-bond acceptors (Lipinski definition) is 8. The van der Waals surface area contributed by atoms with Gasteiger partial charge in [-0.15, -0.1) is 0 Å². The molecule has 0 bridgehead atoms. The lowest BCUT2D eigenvalue weighted by atomic mass is 9.98. The van der Waals surface area contributed by atoms with Gasteiger partial charge < -0.3 is 24.8 Å². The Bertz CT molecular complexity index is 1930. The molecule has 0 spiro atoms. The lowest BCUT2D eigenvalue weighted by molar-refractivity contribution is -0.0688. The van der Waals surface area contributed by atoms with Crippen LogP contribution >= 0.6 is 0 Å². The molecule has 6 rings (SSSR count). The minimum atomic E-state index is -2.47. The van der Waals surface area contributed by atoms with Crippen LogP contribution in [-0.2, 0) is 29.2 Å². The molecule has 49 heavy (non-hydrogen) atoms. The van der Waals surface area contributed by atoms with Gasteiger partial charge in [0.15, 0.2) is 28.9 Å². The van der Waals surface area contributed by atoms with E-state index in [2.05, 4.69) is 20.3 Å². The summed E-state index contributed by atoms with van der Waals surface area (Å²) in [5.74, 6) is -5.34. The third-order valence-electron chi connectivity index (χ3n) is 8.29. The molecule has 3 heterocycles. The first kappa shape index (κ1) is 34.1. The molecule has 0 aliphatic carbocycles. The predicted molar refractivity (Wildman–Crippen MR) is 163 cm³/mol. The Morgan fingerprint density at radius 2 is 1.43 bits per heavy atom. The third-order valence-corrected chi connectivity index (χ3v) is 8.29. The van der Waals surface area contributed by atoms with E-state index in [1.54, 1.807) is 0 Å². The smallest absolute Gasteiger partial charge is 0.227 e. The highest BCUT2D eigenvalue weighted by Gasteiger charge is 2.56. The molecule has 4 atom stereocenters. The number of nitrogens with zero attached hydrogens (tertiary/aromatic N) is 5. The van der Waals surface area contributed by atoms with Gasteiger partial charge in [-0.1, -0.05) is 18.2 Å². The molecule has 3 aromatic carbocycles. The van der Waals surface area contributed by atoms with Crippen LogP contribution in [0.1, 0.15) is 29.8 Å². The lowest BCUT2D eigenvalue weighted by Gasteiger charge is -2.28. The van der Waals surface area contributed by atoms with Crippen molar-refractivity contribution in [3.8, 4) is 0 Å². The Labute approximate surface area is 274 Å². The van der Waals surface area contributed by atoms with Crippen LogP contribution in [0.3, 0.4) is 0 Å². The van der Waals surface area contributed by atoms with Crippen LogP contribution in [0.4, 0.5) is 42.5 Å².